The van der Waals surface area contributed by atoms with Gasteiger partial charge in [0.2, 0.25) is 0 Å². The zero-order valence-electron chi connectivity index (χ0n) is 12.7. The molecule has 1 aliphatic carbocycles. The van der Waals surface area contributed by atoms with E-state index >= 15 is 0 Å². The molecule has 1 aliphatic rings. The fraction of sp³-hybridized carbons (Fsp3) is 0.833. The van der Waals surface area contributed by atoms with Crippen LogP contribution in [0.15, 0.2) is 12.2 Å². The Morgan fingerprint density at radius 1 is 0.526 bits per heavy atom. The Morgan fingerprint density at radius 3 is 1.42 bits per heavy atom. The minimum Gasteiger partial charge on any atom is -0.300 e. The van der Waals surface area contributed by atoms with Gasteiger partial charge in [-0.05, 0) is 38.5 Å². The quantitative estimate of drug-likeness (QED) is 0.492. The average molecular weight is 264 g/mol. The number of carbonyl (C=O) groups excluding carboxylic acids is 1. The molecule has 0 aromatic heterocycles. The van der Waals surface area contributed by atoms with Gasteiger partial charge in [-0.3, -0.25) is 4.79 Å². The highest BCUT2D eigenvalue weighted by Gasteiger charge is 2.01. The van der Waals surface area contributed by atoms with Crippen molar-refractivity contribution in [3.63, 3.8) is 0 Å². The second kappa shape index (κ2) is 12.4. The van der Waals surface area contributed by atoms with Crippen molar-refractivity contribution in [2.24, 2.45) is 0 Å². The molecule has 0 saturated carbocycles. The number of carbonyl (C=O) groups is 1. The largest absolute Gasteiger partial charge is 0.300 e. The number of rotatable bonds is 0. The SMILES string of the molecule is O=C1CCCCC/C=C\CCCCCCCCCC1. The standard InChI is InChI=1S/C18H32O/c19-18-16-14-12-10-8-6-4-2-1-3-5-7-9-11-13-15-17-18/h4,6H,1-3,5,7-17H2/b6-4-. The van der Waals surface area contributed by atoms with Crippen LogP contribution in [0.1, 0.15) is 96.3 Å². The third-order valence-electron chi connectivity index (χ3n) is 4.07. The molecule has 1 heteroatoms. The van der Waals surface area contributed by atoms with Crippen LogP contribution in [0, 0.1) is 0 Å². The van der Waals surface area contributed by atoms with E-state index in [0.717, 1.165) is 25.7 Å². The lowest BCUT2D eigenvalue weighted by Gasteiger charge is -2.03. The van der Waals surface area contributed by atoms with Crippen LogP contribution in [-0.2, 0) is 4.79 Å². The van der Waals surface area contributed by atoms with E-state index in [0.29, 0.717) is 5.78 Å². The molecule has 110 valence electrons. The van der Waals surface area contributed by atoms with Gasteiger partial charge in [-0.25, -0.2) is 0 Å². The summed E-state index contributed by atoms with van der Waals surface area (Å²) >= 11 is 0. The van der Waals surface area contributed by atoms with Crippen LogP contribution in [0.25, 0.3) is 0 Å². The van der Waals surface area contributed by atoms with Gasteiger partial charge in [-0.1, -0.05) is 57.1 Å². The molecule has 0 aromatic rings. The van der Waals surface area contributed by atoms with Crippen molar-refractivity contribution in [3.8, 4) is 0 Å². The van der Waals surface area contributed by atoms with Gasteiger partial charge in [0.1, 0.15) is 5.78 Å². The fourth-order valence-corrected chi connectivity index (χ4v) is 2.77. The van der Waals surface area contributed by atoms with E-state index in [9.17, 15) is 4.79 Å². The molecule has 0 aromatic carbocycles. The Kier molecular flexibility index (Phi) is 10.8. The van der Waals surface area contributed by atoms with Gasteiger partial charge in [-0.2, -0.15) is 0 Å². The van der Waals surface area contributed by atoms with Crippen molar-refractivity contribution in [2.75, 3.05) is 0 Å². The summed E-state index contributed by atoms with van der Waals surface area (Å²) in [6, 6.07) is 0. The molecule has 0 fully saturated rings. The molecule has 0 saturated heterocycles. The van der Waals surface area contributed by atoms with E-state index in [2.05, 4.69) is 12.2 Å². The molecular weight excluding hydrogens is 232 g/mol. The first-order valence-electron chi connectivity index (χ1n) is 8.56. The first-order valence-corrected chi connectivity index (χ1v) is 8.56. The van der Waals surface area contributed by atoms with Crippen LogP contribution in [0.3, 0.4) is 0 Å². The van der Waals surface area contributed by atoms with Crippen molar-refractivity contribution in [1.82, 2.24) is 0 Å². The topological polar surface area (TPSA) is 17.1 Å². The van der Waals surface area contributed by atoms with Gasteiger partial charge >= 0.3 is 0 Å². The van der Waals surface area contributed by atoms with Crippen LogP contribution >= 0.6 is 0 Å². The van der Waals surface area contributed by atoms with Crippen LogP contribution < -0.4 is 0 Å². The zero-order valence-corrected chi connectivity index (χ0v) is 12.7. The number of allylic oxidation sites excluding steroid dienone is 2. The zero-order chi connectivity index (χ0) is 13.6. The summed E-state index contributed by atoms with van der Waals surface area (Å²) in [6.45, 7) is 0. The summed E-state index contributed by atoms with van der Waals surface area (Å²) in [6.07, 6.45) is 23.0. The monoisotopic (exact) mass is 264 g/mol. The van der Waals surface area contributed by atoms with Crippen molar-refractivity contribution < 1.29 is 4.79 Å². The second-order valence-corrected chi connectivity index (χ2v) is 5.98. The van der Waals surface area contributed by atoms with E-state index in [1.807, 2.05) is 0 Å². The molecule has 1 rings (SSSR count). The van der Waals surface area contributed by atoms with Crippen LogP contribution in [0.2, 0.25) is 0 Å². The van der Waals surface area contributed by atoms with Crippen LogP contribution in [0.5, 0.6) is 0 Å². The van der Waals surface area contributed by atoms with Gasteiger partial charge in [0.05, 0.1) is 0 Å². The number of hydrogen-bond acceptors (Lipinski definition) is 1. The average Bonchev–Trinajstić information content (AvgIpc) is 2.41. The molecule has 19 heavy (non-hydrogen) atoms. The maximum atomic E-state index is 11.7. The third kappa shape index (κ3) is 11.0. The molecule has 0 atom stereocenters. The minimum absolute atomic E-state index is 0.497. The van der Waals surface area contributed by atoms with E-state index in [1.54, 1.807) is 0 Å². The molecule has 0 amide bonds. The Bertz CT molecular complexity index is 242. The third-order valence-corrected chi connectivity index (χ3v) is 4.07. The summed E-state index contributed by atoms with van der Waals surface area (Å²) in [4.78, 5) is 11.7. The first kappa shape index (κ1) is 16.5. The number of hydrogen-bond donors (Lipinski definition) is 0. The van der Waals surface area contributed by atoms with Gasteiger partial charge < -0.3 is 0 Å². The Hall–Kier alpha value is -0.590. The van der Waals surface area contributed by atoms with Crippen molar-refractivity contribution in [1.29, 1.82) is 0 Å². The molecular formula is C18H32O. The van der Waals surface area contributed by atoms with E-state index in [-0.39, 0.29) is 0 Å². The summed E-state index contributed by atoms with van der Waals surface area (Å²) in [5, 5.41) is 0. The predicted octanol–water partition coefficient (Wildman–Crippen LogP) is 5.98. The molecule has 0 heterocycles. The molecule has 0 unspecified atom stereocenters. The van der Waals surface area contributed by atoms with Crippen LogP contribution in [0.4, 0.5) is 0 Å². The maximum Gasteiger partial charge on any atom is 0.132 e. The van der Waals surface area contributed by atoms with Crippen molar-refractivity contribution in [2.45, 2.75) is 96.3 Å². The van der Waals surface area contributed by atoms with Crippen molar-refractivity contribution >= 4 is 5.78 Å². The Balaban J connectivity index is 2.16. The lowest BCUT2D eigenvalue weighted by atomic mass is 10.0. The van der Waals surface area contributed by atoms with E-state index in [1.165, 1.54) is 70.6 Å². The van der Waals surface area contributed by atoms with Gasteiger partial charge in [0.15, 0.2) is 0 Å². The first-order chi connectivity index (χ1) is 9.39. The summed E-state index contributed by atoms with van der Waals surface area (Å²) in [5.74, 6) is 0.497. The molecule has 0 radical (unpaired) electrons. The second-order valence-electron chi connectivity index (χ2n) is 5.98. The van der Waals surface area contributed by atoms with E-state index in [4.69, 9.17) is 0 Å². The maximum absolute atomic E-state index is 11.7. The summed E-state index contributed by atoms with van der Waals surface area (Å²) in [7, 11) is 0. The lowest BCUT2D eigenvalue weighted by molar-refractivity contribution is -0.119. The Morgan fingerprint density at radius 2 is 0.895 bits per heavy atom. The highest BCUT2D eigenvalue weighted by atomic mass is 16.1. The minimum atomic E-state index is 0.497. The highest BCUT2D eigenvalue weighted by molar-refractivity contribution is 5.78. The van der Waals surface area contributed by atoms with Gasteiger partial charge in [0.25, 0.3) is 0 Å². The molecule has 1 nitrogen and oxygen atoms in total. The summed E-state index contributed by atoms with van der Waals surface area (Å²) < 4.78 is 0. The highest BCUT2D eigenvalue weighted by Crippen LogP contribution is 2.13. The molecule has 0 N–H and O–H groups in total. The van der Waals surface area contributed by atoms with Crippen molar-refractivity contribution in [3.05, 3.63) is 12.2 Å². The number of ketones is 1. The molecule has 0 aliphatic heterocycles. The molecule has 0 spiro atoms. The predicted molar refractivity (Wildman–Crippen MR) is 83.4 cm³/mol. The number of Topliss-reactive ketones (excluding diaryl/α,β-unsaturated/α-hetero) is 1. The normalized spacial score (nSPS) is 24.3. The smallest absolute Gasteiger partial charge is 0.132 e. The Labute approximate surface area is 119 Å². The lowest BCUT2D eigenvalue weighted by Crippen LogP contribution is -1.97. The fourth-order valence-electron chi connectivity index (χ4n) is 2.77. The van der Waals surface area contributed by atoms with Gasteiger partial charge in [0, 0.05) is 12.8 Å². The molecule has 0 bridgehead atoms. The van der Waals surface area contributed by atoms with Gasteiger partial charge in [-0.15, -0.1) is 0 Å². The summed E-state index contributed by atoms with van der Waals surface area (Å²) in [5.41, 5.74) is 0. The van der Waals surface area contributed by atoms with Crippen LogP contribution in [-0.4, -0.2) is 5.78 Å². The van der Waals surface area contributed by atoms with E-state index < -0.39 is 0 Å².